The van der Waals surface area contributed by atoms with E-state index in [1.165, 1.54) is 0 Å². The minimum Gasteiger partial charge on any atom is -0.488 e. The van der Waals surface area contributed by atoms with Crippen LogP contribution in [0.15, 0.2) is 72.8 Å². The van der Waals surface area contributed by atoms with E-state index in [1.807, 2.05) is 72.8 Å². The van der Waals surface area contributed by atoms with Crippen LogP contribution in [0.25, 0.3) is 11.1 Å². The second kappa shape index (κ2) is 8.56. The molecule has 3 aromatic rings. The average Bonchev–Trinajstić information content (AvgIpc) is 2.66. The molecule has 0 aliphatic rings. The largest absolute Gasteiger partial charge is 0.488 e. The fourth-order valence-corrected chi connectivity index (χ4v) is 2.75. The van der Waals surface area contributed by atoms with E-state index in [4.69, 9.17) is 26.8 Å². The number of benzene rings is 3. The smallest absolute Gasteiger partial charge is 0.162 e. The summed E-state index contributed by atoms with van der Waals surface area (Å²) in [7, 11) is 0. The van der Waals surface area contributed by atoms with Gasteiger partial charge >= 0.3 is 0 Å². The lowest BCUT2D eigenvalue weighted by Crippen LogP contribution is -2.11. The topological polar surface area (TPSA) is 44.5 Å². The van der Waals surface area contributed by atoms with E-state index in [1.54, 1.807) is 0 Å². The fraction of sp³-hybridized carbons (Fsp3) is 0.143. The van der Waals surface area contributed by atoms with Gasteiger partial charge in [0.1, 0.15) is 13.2 Å². The summed E-state index contributed by atoms with van der Waals surface area (Å²) in [6.45, 7) is 1.35. The second-order valence-corrected chi connectivity index (χ2v) is 5.96. The van der Waals surface area contributed by atoms with Gasteiger partial charge in [-0.1, -0.05) is 66.2 Å². The highest BCUT2D eigenvalue weighted by molar-refractivity contribution is 6.33. The van der Waals surface area contributed by atoms with Gasteiger partial charge in [0.25, 0.3) is 0 Å². The summed E-state index contributed by atoms with van der Waals surface area (Å²) >= 11 is 6.32. The van der Waals surface area contributed by atoms with E-state index in [9.17, 15) is 0 Å². The fourth-order valence-electron chi connectivity index (χ4n) is 2.51. The highest BCUT2D eigenvalue weighted by Crippen LogP contribution is 2.35. The van der Waals surface area contributed by atoms with E-state index in [0.29, 0.717) is 36.3 Å². The molecular weight excluding hydrogens is 334 g/mol. The van der Waals surface area contributed by atoms with Crippen molar-refractivity contribution in [3.63, 3.8) is 0 Å². The van der Waals surface area contributed by atoms with Gasteiger partial charge in [0.2, 0.25) is 0 Å². The quantitative estimate of drug-likeness (QED) is 0.655. The Kier molecular flexibility index (Phi) is 5.94. The van der Waals surface area contributed by atoms with Crippen molar-refractivity contribution in [2.24, 2.45) is 5.73 Å². The molecule has 0 aromatic heterocycles. The van der Waals surface area contributed by atoms with Gasteiger partial charge in [-0.2, -0.15) is 0 Å². The molecule has 0 unspecified atom stereocenters. The molecule has 0 amide bonds. The van der Waals surface area contributed by atoms with Crippen molar-refractivity contribution in [2.45, 2.75) is 6.61 Å². The first-order chi connectivity index (χ1) is 12.3. The molecule has 0 aliphatic carbocycles. The number of halogens is 1. The Morgan fingerprint density at radius 3 is 2.32 bits per heavy atom. The van der Waals surface area contributed by atoms with Gasteiger partial charge in [-0.15, -0.1) is 0 Å². The van der Waals surface area contributed by atoms with Crippen molar-refractivity contribution in [1.82, 2.24) is 0 Å². The Morgan fingerprint density at radius 2 is 1.56 bits per heavy atom. The minimum absolute atomic E-state index is 0.438. The summed E-state index contributed by atoms with van der Waals surface area (Å²) in [6.07, 6.45) is 0. The molecule has 0 saturated carbocycles. The monoisotopic (exact) mass is 353 g/mol. The Hall–Kier alpha value is -2.49. The van der Waals surface area contributed by atoms with Gasteiger partial charge < -0.3 is 15.2 Å². The van der Waals surface area contributed by atoms with Crippen LogP contribution in [0.2, 0.25) is 5.02 Å². The third-order valence-corrected chi connectivity index (χ3v) is 4.07. The standard InChI is InChI=1S/C21H20ClNO2/c22-19-9-5-4-8-18(19)17-10-11-20(24-13-12-23)21(14-17)25-15-16-6-2-1-3-7-16/h1-11,14H,12-13,15,23H2. The number of rotatable bonds is 7. The van der Waals surface area contributed by atoms with E-state index in [2.05, 4.69) is 0 Å². The zero-order valence-electron chi connectivity index (χ0n) is 13.8. The summed E-state index contributed by atoms with van der Waals surface area (Å²) < 4.78 is 11.7. The minimum atomic E-state index is 0.438. The molecule has 0 aliphatic heterocycles. The highest BCUT2D eigenvalue weighted by atomic mass is 35.5. The maximum Gasteiger partial charge on any atom is 0.162 e. The van der Waals surface area contributed by atoms with Gasteiger partial charge in [0, 0.05) is 17.1 Å². The molecule has 3 aromatic carbocycles. The van der Waals surface area contributed by atoms with E-state index in [0.717, 1.165) is 16.7 Å². The maximum absolute atomic E-state index is 6.32. The van der Waals surface area contributed by atoms with E-state index >= 15 is 0 Å². The number of nitrogens with two attached hydrogens (primary N) is 1. The molecule has 0 spiro atoms. The van der Waals surface area contributed by atoms with Crippen molar-refractivity contribution < 1.29 is 9.47 Å². The molecule has 2 N–H and O–H groups in total. The third-order valence-electron chi connectivity index (χ3n) is 3.74. The van der Waals surface area contributed by atoms with Gasteiger partial charge in [0.15, 0.2) is 11.5 Å². The zero-order chi connectivity index (χ0) is 17.5. The third kappa shape index (κ3) is 4.53. The molecule has 0 fully saturated rings. The molecule has 0 saturated heterocycles. The van der Waals surface area contributed by atoms with Crippen LogP contribution in [-0.2, 0) is 6.61 Å². The average molecular weight is 354 g/mol. The summed E-state index contributed by atoms with van der Waals surface area (Å²) in [4.78, 5) is 0. The van der Waals surface area contributed by atoms with Gasteiger partial charge in [0.05, 0.1) is 0 Å². The lowest BCUT2D eigenvalue weighted by molar-refractivity contribution is 0.266. The lowest BCUT2D eigenvalue weighted by Gasteiger charge is -2.14. The van der Waals surface area contributed by atoms with Crippen LogP contribution in [0.5, 0.6) is 11.5 Å². The predicted molar refractivity (Wildman–Crippen MR) is 102 cm³/mol. The Balaban J connectivity index is 1.89. The number of hydrogen-bond donors (Lipinski definition) is 1. The van der Waals surface area contributed by atoms with Gasteiger partial charge in [-0.05, 0) is 29.3 Å². The first-order valence-electron chi connectivity index (χ1n) is 8.16. The summed E-state index contributed by atoms with van der Waals surface area (Å²) in [6, 6.07) is 23.6. The van der Waals surface area contributed by atoms with Crippen molar-refractivity contribution in [3.8, 4) is 22.6 Å². The molecule has 25 heavy (non-hydrogen) atoms. The van der Waals surface area contributed by atoms with Crippen LogP contribution < -0.4 is 15.2 Å². The molecule has 3 rings (SSSR count). The molecule has 3 nitrogen and oxygen atoms in total. The molecular formula is C21H20ClNO2. The SMILES string of the molecule is NCCOc1ccc(-c2ccccc2Cl)cc1OCc1ccccc1. The highest BCUT2D eigenvalue weighted by Gasteiger charge is 2.10. The molecule has 0 bridgehead atoms. The Labute approximate surface area is 153 Å². The van der Waals surface area contributed by atoms with Crippen LogP contribution in [0.4, 0.5) is 0 Å². The molecule has 0 atom stereocenters. The van der Waals surface area contributed by atoms with Crippen LogP contribution in [0.1, 0.15) is 5.56 Å². The van der Waals surface area contributed by atoms with E-state index < -0.39 is 0 Å². The lowest BCUT2D eigenvalue weighted by atomic mass is 10.1. The number of hydrogen-bond acceptors (Lipinski definition) is 3. The summed E-state index contributed by atoms with van der Waals surface area (Å²) in [5.74, 6) is 1.35. The number of ether oxygens (including phenoxy) is 2. The van der Waals surface area contributed by atoms with E-state index in [-0.39, 0.29) is 0 Å². The Bertz CT molecular complexity index is 821. The molecule has 4 heteroatoms. The van der Waals surface area contributed by atoms with Crippen LogP contribution >= 0.6 is 11.6 Å². The summed E-state index contributed by atoms with van der Waals surface area (Å²) in [5.41, 5.74) is 8.58. The van der Waals surface area contributed by atoms with Gasteiger partial charge in [-0.25, -0.2) is 0 Å². The second-order valence-electron chi connectivity index (χ2n) is 5.55. The predicted octanol–water partition coefficient (Wildman–Crippen LogP) is 4.92. The van der Waals surface area contributed by atoms with Crippen molar-refractivity contribution in [2.75, 3.05) is 13.2 Å². The molecule has 0 heterocycles. The first kappa shape index (κ1) is 17.3. The Morgan fingerprint density at radius 1 is 0.800 bits per heavy atom. The van der Waals surface area contributed by atoms with Crippen molar-refractivity contribution in [1.29, 1.82) is 0 Å². The van der Waals surface area contributed by atoms with Crippen molar-refractivity contribution >= 4 is 11.6 Å². The summed E-state index contributed by atoms with van der Waals surface area (Å²) in [5, 5.41) is 0.701. The normalized spacial score (nSPS) is 10.5. The first-order valence-corrected chi connectivity index (χ1v) is 8.54. The molecule has 0 radical (unpaired) electrons. The molecule has 128 valence electrons. The maximum atomic E-state index is 6.32. The van der Waals surface area contributed by atoms with Crippen LogP contribution in [0, 0.1) is 0 Å². The zero-order valence-corrected chi connectivity index (χ0v) is 14.6. The van der Waals surface area contributed by atoms with Crippen LogP contribution in [0.3, 0.4) is 0 Å². The van der Waals surface area contributed by atoms with Crippen LogP contribution in [-0.4, -0.2) is 13.2 Å². The van der Waals surface area contributed by atoms with Gasteiger partial charge in [-0.3, -0.25) is 0 Å². The van der Waals surface area contributed by atoms with Crippen molar-refractivity contribution in [3.05, 3.63) is 83.4 Å².